The molecule has 0 saturated carbocycles. The summed E-state index contributed by atoms with van der Waals surface area (Å²) in [5, 5.41) is 30.1. The SMILES string of the molecule is Cc1cc(O)cc2c1O[C@@H]1[N+](=C2)c2ccccc2/[N+]1=C/c1cc(O)c(C(F)(F)F)cc1O.[Ag]. The van der Waals surface area contributed by atoms with Crippen LogP contribution in [-0.2, 0) is 28.6 Å². The molecular formula is C23H17AgF3N2O4+2. The van der Waals surface area contributed by atoms with E-state index in [0.717, 1.165) is 11.8 Å². The third-order valence-corrected chi connectivity index (χ3v) is 5.43. The van der Waals surface area contributed by atoms with Crippen molar-refractivity contribution in [1.29, 1.82) is 0 Å². The standard InChI is InChI=1S/C23H15F3N2O4.Ag/c1-12-6-15(29)7-14-11-28-18-5-3-2-4-17(18)27(22(28)32-21(12)14)10-13-8-20(31)16(9-19(13)30)23(24,25)26;/h2-11,22H,1H3,(H-,29,31);/p+2/t22-;/m0./s1. The molecular weight excluding hydrogens is 533 g/mol. The number of hydrogen-bond acceptors (Lipinski definition) is 4. The summed E-state index contributed by atoms with van der Waals surface area (Å²) in [6.45, 7) is 1.79. The summed E-state index contributed by atoms with van der Waals surface area (Å²) in [4.78, 5) is 0. The van der Waals surface area contributed by atoms with Gasteiger partial charge in [-0.15, -0.1) is 0 Å². The summed E-state index contributed by atoms with van der Waals surface area (Å²) >= 11 is 0. The number of phenols is 3. The number of hydrogen-bond donors (Lipinski definition) is 3. The topological polar surface area (TPSA) is 75.9 Å². The van der Waals surface area contributed by atoms with Gasteiger partial charge in [0.1, 0.15) is 22.8 Å². The molecule has 0 amide bonds. The van der Waals surface area contributed by atoms with Crippen molar-refractivity contribution in [3.05, 3.63) is 70.8 Å². The van der Waals surface area contributed by atoms with Crippen LogP contribution >= 0.6 is 0 Å². The van der Waals surface area contributed by atoms with Crippen LogP contribution in [0.25, 0.3) is 0 Å². The Hall–Kier alpha value is -3.27. The monoisotopic (exact) mass is 549 g/mol. The van der Waals surface area contributed by atoms with Crippen molar-refractivity contribution in [2.75, 3.05) is 0 Å². The minimum absolute atomic E-state index is 0. The largest absolute Gasteiger partial charge is 0.517 e. The quantitative estimate of drug-likeness (QED) is 0.240. The van der Waals surface area contributed by atoms with Crippen molar-refractivity contribution in [2.45, 2.75) is 19.5 Å². The van der Waals surface area contributed by atoms with E-state index in [1.807, 2.05) is 22.9 Å². The molecule has 0 aromatic heterocycles. The number of phenolic OH excluding ortho intramolecular Hbond substituents is 3. The van der Waals surface area contributed by atoms with Gasteiger partial charge in [0.05, 0.1) is 11.1 Å². The van der Waals surface area contributed by atoms with Crippen molar-refractivity contribution < 1.29 is 64.8 Å². The number of para-hydroxylation sites is 2. The zero-order valence-corrected chi connectivity index (χ0v) is 18.4. The molecule has 1 radical (unpaired) electrons. The molecule has 6 nitrogen and oxygen atoms in total. The van der Waals surface area contributed by atoms with Gasteiger partial charge in [-0.05, 0) is 36.8 Å². The average Bonchev–Trinajstić information content (AvgIpc) is 3.01. The van der Waals surface area contributed by atoms with Gasteiger partial charge in [-0.3, -0.25) is 0 Å². The van der Waals surface area contributed by atoms with Crippen molar-refractivity contribution in [3.8, 4) is 23.0 Å². The van der Waals surface area contributed by atoms with E-state index in [1.54, 1.807) is 35.8 Å². The molecule has 0 spiro atoms. The van der Waals surface area contributed by atoms with Gasteiger partial charge < -0.3 is 20.1 Å². The summed E-state index contributed by atoms with van der Waals surface area (Å²) in [5.74, 6) is -0.971. The normalized spacial score (nSPS) is 17.4. The Kier molecular flexibility index (Phi) is 5.52. The van der Waals surface area contributed by atoms with E-state index >= 15 is 0 Å². The van der Waals surface area contributed by atoms with E-state index in [9.17, 15) is 28.5 Å². The van der Waals surface area contributed by atoms with Crippen LogP contribution in [0.2, 0.25) is 0 Å². The van der Waals surface area contributed by atoms with Crippen molar-refractivity contribution >= 4 is 23.8 Å². The first-order valence-electron chi connectivity index (χ1n) is 9.62. The number of halogens is 3. The van der Waals surface area contributed by atoms with Gasteiger partial charge in [0, 0.05) is 34.5 Å². The molecule has 0 fully saturated rings. The molecule has 10 heteroatoms. The van der Waals surface area contributed by atoms with Crippen LogP contribution in [0.4, 0.5) is 24.5 Å². The van der Waals surface area contributed by atoms with Crippen LogP contribution in [-0.4, -0.2) is 43.3 Å². The van der Waals surface area contributed by atoms with Gasteiger partial charge in [0.2, 0.25) is 0 Å². The minimum Gasteiger partial charge on any atom is -0.508 e. The molecule has 3 N–H and O–H groups in total. The van der Waals surface area contributed by atoms with E-state index in [-0.39, 0.29) is 33.7 Å². The van der Waals surface area contributed by atoms with Crippen LogP contribution in [0.1, 0.15) is 22.3 Å². The molecule has 5 rings (SSSR count). The predicted octanol–water partition coefficient (Wildman–Crippen LogP) is 4.34. The summed E-state index contributed by atoms with van der Waals surface area (Å²) < 4.78 is 48.8. The smallest absolute Gasteiger partial charge is 0.508 e. The third-order valence-electron chi connectivity index (χ3n) is 5.43. The fraction of sp³-hybridized carbons (Fsp3) is 0.130. The molecule has 0 bridgehead atoms. The van der Waals surface area contributed by atoms with Crippen LogP contribution in [0.15, 0.2) is 48.5 Å². The molecule has 33 heavy (non-hydrogen) atoms. The maximum atomic E-state index is 13.1. The second kappa shape index (κ2) is 7.95. The summed E-state index contributed by atoms with van der Waals surface area (Å²) in [6, 6.07) is 11.8. The minimum atomic E-state index is -4.80. The maximum Gasteiger partial charge on any atom is 0.517 e. The Morgan fingerprint density at radius 1 is 0.970 bits per heavy atom. The zero-order valence-electron chi connectivity index (χ0n) is 16.9. The Labute approximate surface area is 201 Å². The third kappa shape index (κ3) is 3.78. The molecule has 0 unspecified atom stereocenters. The van der Waals surface area contributed by atoms with E-state index in [2.05, 4.69) is 0 Å². The van der Waals surface area contributed by atoms with E-state index in [0.29, 0.717) is 28.6 Å². The molecule has 2 aliphatic heterocycles. The second-order valence-electron chi connectivity index (χ2n) is 7.61. The average molecular weight is 550 g/mol. The Morgan fingerprint density at radius 3 is 2.36 bits per heavy atom. The number of alkyl halides is 3. The first-order valence-corrected chi connectivity index (χ1v) is 9.62. The molecule has 3 aromatic rings. The van der Waals surface area contributed by atoms with Gasteiger partial charge in [-0.25, -0.2) is 0 Å². The van der Waals surface area contributed by atoms with Crippen LogP contribution < -0.4 is 4.74 Å². The fourth-order valence-electron chi connectivity index (χ4n) is 4.02. The molecule has 2 aliphatic rings. The summed E-state index contributed by atoms with van der Waals surface area (Å²) in [7, 11) is 0. The number of fused-ring (bicyclic) bond motifs is 4. The van der Waals surface area contributed by atoms with Crippen molar-refractivity contribution in [1.82, 2.24) is 0 Å². The summed E-state index contributed by atoms with van der Waals surface area (Å²) in [5.41, 5.74) is 1.50. The molecule has 1 atom stereocenters. The van der Waals surface area contributed by atoms with E-state index in [4.69, 9.17) is 4.74 Å². The van der Waals surface area contributed by atoms with Crippen molar-refractivity contribution in [2.24, 2.45) is 0 Å². The Morgan fingerprint density at radius 2 is 1.67 bits per heavy atom. The molecule has 2 heterocycles. The van der Waals surface area contributed by atoms with E-state index < -0.39 is 29.6 Å². The van der Waals surface area contributed by atoms with Crippen LogP contribution in [0.3, 0.4) is 0 Å². The first kappa shape index (κ1) is 22.9. The van der Waals surface area contributed by atoms with Gasteiger partial charge in [-0.1, -0.05) is 21.3 Å². The zero-order chi connectivity index (χ0) is 22.8. The second-order valence-corrected chi connectivity index (χ2v) is 7.61. The number of nitrogens with zero attached hydrogens (tertiary/aromatic N) is 2. The molecule has 3 aromatic carbocycles. The predicted molar refractivity (Wildman–Crippen MR) is 109 cm³/mol. The number of benzene rings is 3. The number of aromatic hydroxyl groups is 3. The Bertz CT molecular complexity index is 1350. The van der Waals surface area contributed by atoms with Crippen LogP contribution in [0, 0.1) is 6.92 Å². The van der Waals surface area contributed by atoms with Gasteiger partial charge in [0.15, 0.2) is 18.2 Å². The number of rotatable bonds is 1. The molecule has 0 saturated heterocycles. The maximum absolute atomic E-state index is 13.1. The van der Waals surface area contributed by atoms with Gasteiger partial charge in [0.25, 0.3) is 11.4 Å². The summed E-state index contributed by atoms with van der Waals surface area (Å²) in [6.07, 6.45) is -2.29. The van der Waals surface area contributed by atoms with E-state index in [1.165, 1.54) is 6.21 Å². The van der Waals surface area contributed by atoms with Gasteiger partial charge in [-0.2, -0.15) is 13.2 Å². The molecule has 173 valence electrons. The molecule has 0 aliphatic carbocycles. The number of aryl methyl sites for hydroxylation is 1. The van der Waals surface area contributed by atoms with Crippen molar-refractivity contribution in [3.63, 3.8) is 0 Å². The Balaban J connectivity index is 0.00000259. The number of ether oxygens (including phenoxy) is 1. The van der Waals surface area contributed by atoms with Crippen LogP contribution in [0.5, 0.6) is 23.0 Å². The van der Waals surface area contributed by atoms with Gasteiger partial charge >= 0.3 is 12.5 Å². The fourth-order valence-corrected chi connectivity index (χ4v) is 4.02. The first-order chi connectivity index (χ1) is 15.1.